The van der Waals surface area contributed by atoms with Gasteiger partial charge in [0.15, 0.2) is 0 Å². The van der Waals surface area contributed by atoms with Gasteiger partial charge in [0.1, 0.15) is 0 Å². The zero-order valence-electron chi connectivity index (χ0n) is 8.08. The van der Waals surface area contributed by atoms with Gasteiger partial charge < -0.3 is 10.2 Å². The third-order valence-corrected chi connectivity index (χ3v) is 2.41. The fourth-order valence-electron chi connectivity index (χ4n) is 1.40. The number of rotatable bonds is 6. The molecule has 2 N–H and O–H groups in total. The predicted molar refractivity (Wildman–Crippen MR) is 50.9 cm³/mol. The van der Waals surface area contributed by atoms with Crippen molar-refractivity contribution in [3.8, 4) is 0 Å². The maximum atomic E-state index is 9.73. The van der Waals surface area contributed by atoms with Gasteiger partial charge in [-0.15, -0.1) is 6.58 Å². The van der Waals surface area contributed by atoms with Crippen molar-refractivity contribution in [1.29, 1.82) is 0 Å². The first-order valence-corrected chi connectivity index (χ1v) is 4.52. The third kappa shape index (κ3) is 3.37. The Morgan fingerprint density at radius 1 is 1.58 bits per heavy atom. The summed E-state index contributed by atoms with van der Waals surface area (Å²) in [6, 6.07) is 0. The van der Waals surface area contributed by atoms with Crippen LogP contribution in [0.4, 0.5) is 0 Å². The molecule has 0 aliphatic rings. The molecule has 0 aliphatic heterocycles. The molecule has 0 spiro atoms. The predicted octanol–water partition coefficient (Wildman–Crippen LogP) is 1.72. The second-order valence-corrected chi connectivity index (χ2v) is 3.49. The van der Waals surface area contributed by atoms with E-state index in [-0.39, 0.29) is 12.5 Å². The second kappa shape index (κ2) is 5.33. The minimum absolute atomic E-state index is 0.164. The van der Waals surface area contributed by atoms with Gasteiger partial charge in [0.05, 0.1) is 12.2 Å². The van der Waals surface area contributed by atoms with Crippen molar-refractivity contribution >= 4 is 0 Å². The first-order valence-electron chi connectivity index (χ1n) is 4.52. The van der Waals surface area contributed by atoms with Gasteiger partial charge in [-0.2, -0.15) is 0 Å². The Kier molecular flexibility index (Phi) is 5.18. The molecule has 0 aromatic heterocycles. The molecule has 0 radical (unpaired) electrons. The number of hydrogen-bond donors (Lipinski definition) is 2. The highest BCUT2D eigenvalue weighted by molar-refractivity contribution is 4.82. The van der Waals surface area contributed by atoms with Crippen LogP contribution in [0, 0.1) is 5.92 Å². The Labute approximate surface area is 74.9 Å². The van der Waals surface area contributed by atoms with Gasteiger partial charge in [0.25, 0.3) is 0 Å². The van der Waals surface area contributed by atoms with E-state index in [1.807, 2.05) is 13.0 Å². The van der Waals surface area contributed by atoms with E-state index in [9.17, 15) is 5.11 Å². The SMILES string of the molecule is C=CCC[C@@H](CC)[C@](C)(O)CO. The summed E-state index contributed by atoms with van der Waals surface area (Å²) in [4.78, 5) is 0. The molecule has 0 amide bonds. The van der Waals surface area contributed by atoms with Crippen LogP contribution in [0.15, 0.2) is 12.7 Å². The number of aliphatic hydroxyl groups excluding tert-OH is 1. The van der Waals surface area contributed by atoms with E-state index in [4.69, 9.17) is 5.11 Å². The van der Waals surface area contributed by atoms with Gasteiger partial charge in [-0.25, -0.2) is 0 Å². The highest BCUT2D eigenvalue weighted by Crippen LogP contribution is 2.24. The summed E-state index contributed by atoms with van der Waals surface area (Å²) in [7, 11) is 0. The minimum atomic E-state index is -0.933. The minimum Gasteiger partial charge on any atom is -0.393 e. The van der Waals surface area contributed by atoms with Gasteiger partial charge in [-0.05, 0) is 25.7 Å². The normalized spacial score (nSPS) is 18.3. The molecule has 0 heterocycles. The van der Waals surface area contributed by atoms with Crippen molar-refractivity contribution in [1.82, 2.24) is 0 Å². The summed E-state index contributed by atoms with van der Waals surface area (Å²) < 4.78 is 0. The molecule has 72 valence electrons. The number of allylic oxidation sites excluding steroid dienone is 1. The van der Waals surface area contributed by atoms with E-state index in [0.29, 0.717) is 0 Å². The molecule has 0 aromatic rings. The van der Waals surface area contributed by atoms with Gasteiger partial charge in [-0.3, -0.25) is 0 Å². The monoisotopic (exact) mass is 172 g/mol. The summed E-state index contributed by atoms with van der Waals surface area (Å²) in [5.74, 6) is 0.167. The van der Waals surface area contributed by atoms with Crippen LogP contribution in [-0.4, -0.2) is 22.4 Å². The van der Waals surface area contributed by atoms with Crippen LogP contribution in [0.2, 0.25) is 0 Å². The number of hydrogen-bond acceptors (Lipinski definition) is 2. The molecular weight excluding hydrogens is 152 g/mol. The number of aliphatic hydroxyl groups is 2. The lowest BCUT2D eigenvalue weighted by molar-refractivity contribution is -0.0502. The Morgan fingerprint density at radius 3 is 2.50 bits per heavy atom. The molecule has 0 saturated heterocycles. The fraction of sp³-hybridized carbons (Fsp3) is 0.800. The van der Waals surface area contributed by atoms with Gasteiger partial charge >= 0.3 is 0 Å². The van der Waals surface area contributed by atoms with E-state index < -0.39 is 5.60 Å². The van der Waals surface area contributed by atoms with Gasteiger partial charge in [-0.1, -0.05) is 19.4 Å². The summed E-state index contributed by atoms with van der Waals surface area (Å²) in [5, 5.41) is 18.6. The average molecular weight is 172 g/mol. The third-order valence-electron chi connectivity index (χ3n) is 2.41. The molecule has 0 saturated carbocycles. The van der Waals surface area contributed by atoms with Crippen molar-refractivity contribution in [2.45, 2.75) is 38.7 Å². The first-order chi connectivity index (χ1) is 5.58. The second-order valence-electron chi connectivity index (χ2n) is 3.49. The van der Waals surface area contributed by atoms with E-state index in [1.54, 1.807) is 6.92 Å². The highest BCUT2D eigenvalue weighted by Gasteiger charge is 2.28. The van der Waals surface area contributed by atoms with Crippen LogP contribution < -0.4 is 0 Å². The molecule has 0 unspecified atom stereocenters. The van der Waals surface area contributed by atoms with Crippen molar-refractivity contribution in [2.24, 2.45) is 5.92 Å². The summed E-state index contributed by atoms with van der Waals surface area (Å²) in [6.45, 7) is 7.18. The standard InChI is InChI=1S/C10H20O2/c1-4-6-7-9(5-2)10(3,12)8-11/h4,9,11-12H,1,5-8H2,2-3H3/t9-,10-/m1/s1. The van der Waals surface area contributed by atoms with Gasteiger partial charge in [0.2, 0.25) is 0 Å². The molecule has 0 fully saturated rings. The summed E-state index contributed by atoms with van der Waals surface area (Å²) in [6.07, 6.45) is 4.53. The fourth-order valence-corrected chi connectivity index (χ4v) is 1.40. The largest absolute Gasteiger partial charge is 0.393 e. The Morgan fingerprint density at radius 2 is 2.17 bits per heavy atom. The quantitative estimate of drug-likeness (QED) is 0.599. The molecule has 0 aromatic carbocycles. The Balaban J connectivity index is 4.03. The molecule has 0 bridgehead atoms. The van der Waals surface area contributed by atoms with Crippen molar-refractivity contribution < 1.29 is 10.2 Å². The summed E-state index contributed by atoms with van der Waals surface area (Å²) in [5.41, 5.74) is -0.933. The topological polar surface area (TPSA) is 40.5 Å². The van der Waals surface area contributed by atoms with Crippen molar-refractivity contribution in [2.75, 3.05) is 6.61 Å². The molecule has 2 heteroatoms. The molecular formula is C10H20O2. The lowest BCUT2D eigenvalue weighted by Crippen LogP contribution is -2.38. The van der Waals surface area contributed by atoms with E-state index in [0.717, 1.165) is 19.3 Å². The Hall–Kier alpha value is -0.340. The first kappa shape index (κ1) is 11.7. The highest BCUT2D eigenvalue weighted by atomic mass is 16.3. The van der Waals surface area contributed by atoms with E-state index in [1.165, 1.54) is 0 Å². The molecule has 12 heavy (non-hydrogen) atoms. The van der Waals surface area contributed by atoms with Crippen LogP contribution in [0.25, 0.3) is 0 Å². The van der Waals surface area contributed by atoms with E-state index >= 15 is 0 Å². The molecule has 0 rings (SSSR count). The van der Waals surface area contributed by atoms with E-state index in [2.05, 4.69) is 6.58 Å². The molecule has 0 aliphatic carbocycles. The van der Waals surface area contributed by atoms with Crippen LogP contribution >= 0.6 is 0 Å². The van der Waals surface area contributed by atoms with Crippen LogP contribution in [-0.2, 0) is 0 Å². The maximum Gasteiger partial charge on any atom is 0.0877 e. The Bertz CT molecular complexity index is 130. The summed E-state index contributed by atoms with van der Waals surface area (Å²) >= 11 is 0. The molecule has 2 nitrogen and oxygen atoms in total. The van der Waals surface area contributed by atoms with Gasteiger partial charge in [0, 0.05) is 0 Å². The smallest absolute Gasteiger partial charge is 0.0877 e. The lowest BCUT2D eigenvalue weighted by Gasteiger charge is -2.30. The average Bonchev–Trinajstić information content (AvgIpc) is 2.05. The van der Waals surface area contributed by atoms with Crippen LogP contribution in [0.1, 0.15) is 33.1 Å². The van der Waals surface area contributed by atoms with Crippen LogP contribution in [0.5, 0.6) is 0 Å². The molecule has 2 atom stereocenters. The van der Waals surface area contributed by atoms with Crippen molar-refractivity contribution in [3.05, 3.63) is 12.7 Å². The van der Waals surface area contributed by atoms with Crippen LogP contribution in [0.3, 0.4) is 0 Å². The zero-order valence-corrected chi connectivity index (χ0v) is 8.08. The maximum absolute atomic E-state index is 9.73. The van der Waals surface area contributed by atoms with Crippen molar-refractivity contribution in [3.63, 3.8) is 0 Å². The zero-order chi connectivity index (χ0) is 9.61. The lowest BCUT2D eigenvalue weighted by atomic mass is 9.84.